The molecule has 0 aromatic carbocycles. The van der Waals surface area contributed by atoms with Crippen molar-refractivity contribution in [3.05, 3.63) is 0 Å². The standard InChI is InChI=1S/C14H23N3O4/c1-10-7-17(8-11(10)13(19)20)14(21)15(2)9-12(18)16-5-3-4-6-16/h10-11H,3-9H2,1-2H3,(H,19,20)/t10-,11-/m1/s1. The topological polar surface area (TPSA) is 81.2 Å². The van der Waals surface area contributed by atoms with Gasteiger partial charge in [-0.2, -0.15) is 0 Å². The molecule has 0 saturated carbocycles. The molecular weight excluding hydrogens is 274 g/mol. The van der Waals surface area contributed by atoms with Crippen molar-refractivity contribution in [2.24, 2.45) is 11.8 Å². The van der Waals surface area contributed by atoms with Crippen LogP contribution in [0, 0.1) is 11.8 Å². The number of carboxylic acid groups (broad SMARTS) is 1. The lowest BCUT2D eigenvalue weighted by atomic mass is 9.99. The summed E-state index contributed by atoms with van der Waals surface area (Å²) in [6.45, 7) is 4.07. The molecule has 2 atom stereocenters. The monoisotopic (exact) mass is 297 g/mol. The van der Waals surface area contributed by atoms with Gasteiger partial charge in [0.15, 0.2) is 0 Å². The Labute approximate surface area is 124 Å². The van der Waals surface area contributed by atoms with E-state index in [0.29, 0.717) is 6.54 Å². The van der Waals surface area contributed by atoms with Gasteiger partial charge in [0.05, 0.1) is 5.92 Å². The number of amides is 3. The van der Waals surface area contributed by atoms with Gasteiger partial charge in [-0.3, -0.25) is 9.59 Å². The second kappa shape index (κ2) is 6.32. The van der Waals surface area contributed by atoms with Crippen molar-refractivity contribution in [2.45, 2.75) is 19.8 Å². The molecule has 2 aliphatic heterocycles. The Hall–Kier alpha value is -1.79. The van der Waals surface area contributed by atoms with Gasteiger partial charge in [-0.1, -0.05) is 6.92 Å². The summed E-state index contributed by atoms with van der Waals surface area (Å²) in [5.74, 6) is -1.48. The van der Waals surface area contributed by atoms with Gasteiger partial charge < -0.3 is 19.8 Å². The van der Waals surface area contributed by atoms with Gasteiger partial charge >= 0.3 is 12.0 Å². The van der Waals surface area contributed by atoms with E-state index in [4.69, 9.17) is 5.11 Å². The third kappa shape index (κ3) is 3.46. The van der Waals surface area contributed by atoms with Crippen molar-refractivity contribution >= 4 is 17.9 Å². The average molecular weight is 297 g/mol. The number of likely N-dealkylation sites (N-methyl/N-ethyl adjacent to an activating group) is 1. The maximum Gasteiger partial charge on any atom is 0.320 e. The third-order valence-electron chi connectivity index (χ3n) is 4.36. The van der Waals surface area contributed by atoms with Gasteiger partial charge in [-0.25, -0.2) is 4.79 Å². The molecule has 0 unspecified atom stereocenters. The van der Waals surface area contributed by atoms with E-state index in [1.807, 2.05) is 6.92 Å². The van der Waals surface area contributed by atoms with E-state index >= 15 is 0 Å². The highest BCUT2D eigenvalue weighted by Gasteiger charge is 2.38. The number of carbonyl (C=O) groups is 3. The number of carbonyl (C=O) groups excluding carboxylic acids is 2. The van der Waals surface area contributed by atoms with Crippen molar-refractivity contribution < 1.29 is 19.5 Å². The van der Waals surface area contributed by atoms with Gasteiger partial charge in [-0.15, -0.1) is 0 Å². The number of aliphatic carboxylic acids is 1. The zero-order valence-corrected chi connectivity index (χ0v) is 12.6. The summed E-state index contributed by atoms with van der Waals surface area (Å²) in [5, 5.41) is 9.10. The molecule has 0 spiro atoms. The van der Waals surface area contributed by atoms with Crippen LogP contribution >= 0.6 is 0 Å². The van der Waals surface area contributed by atoms with E-state index < -0.39 is 11.9 Å². The Morgan fingerprint density at radius 3 is 2.29 bits per heavy atom. The SMILES string of the molecule is C[C@@H]1CN(C(=O)N(C)CC(=O)N2CCCC2)C[C@H]1C(=O)O. The van der Waals surface area contributed by atoms with Crippen LogP contribution < -0.4 is 0 Å². The third-order valence-corrected chi connectivity index (χ3v) is 4.36. The molecule has 21 heavy (non-hydrogen) atoms. The first-order chi connectivity index (χ1) is 9.90. The second-order valence-electron chi connectivity index (χ2n) is 6.05. The lowest BCUT2D eigenvalue weighted by Crippen LogP contribution is -2.45. The highest BCUT2D eigenvalue weighted by atomic mass is 16.4. The van der Waals surface area contributed by atoms with Crippen LogP contribution in [0.3, 0.4) is 0 Å². The van der Waals surface area contributed by atoms with Gasteiger partial charge in [0.1, 0.15) is 6.54 Å². The Morgan fingerprint density at radius 2 is 1.76 bits per heavy atom. The summed E-state index contributed by atoms with van der Waals surface area (Å²) in [5.41, 5.74) is 0. The maximum atomic E-state index is 12.3. The highest BCUT2D eigenvalue weighted by molar-refractivity contribution is 5.84. The average Bonchev–Trinajstić information content (AvgIpc) is 3.06. The van der Waals surface area contributed by atoms with Crippen molar-refractivity contribution in [1.82, 2.24) is 14.7 Å². The number of nitrogens with zero attached hydrogens (tertiary/aromatic N) is 3. The summed E-state index contributed by atoms with van der Waals surface area (Å²) in [7, 11) is 1.59. The molecule has 7 heteroatoms. The van der Waals surface area contributed by atoms with E-state index in [2.05, 4.69) is 0 Å². The molecule has 7 nitrogen and oxygen atoms in total. The summed E-state index contributed by atoms with van der Waals surface area (Å²) in [6.07, 6.45) is 2.04. The fourth-order valence-corrected chi connectivity index (χ4v) is 3.02. The lowest BCUT2D eigenvalue weighted by Gasteiger charge is -2.26. The first-order valence-electron chi connectivity index (χ1n) is 7.40. The molecular formula is C14H23N3O4. The van der Waals surface area contributed by atoms with Crippen LogP contribution in [0.1, 0.15) is 19.8 Å². The van der Waals surface area contributed by atoms with E-state index in [0.717, 1.165) is 25.9 Å². The molecule has 0 radical (unpaired) electrons. The van der Waals surface area contributed by atoms with Gasteiger partial charge in [-0.05, 0) is 18.8 Å². The zero-order chi connectivity index (χ0) is 15.6. The van der Waals surface area contributed by atoms with Gasteiger partial charge in [0.25, 0.3) is 0 Å². The van der Waals surface area contributed by atoms with Crippen LogP contribution in [0.5, 0.6) is 0 Å². The lowest BCUT2D eigenvalue weighted by molar-refractivity contribution is -0.142. The van der Waals surface area contributed by atoms with E-state index in [-0.39, 0.29) is 30.9 Å². The Morgan fingerprint density at radius 1 is 1.14 bits per heavy atom. The predicted octanol–water partition coefficient (Wildman–Crippen LogP) is 0.313. The summed E-state index contributed by atoms with van der Waals surface area (Å²) in [6, 6.07) is -0.266. The molecule has 0 aromatic heterocycles. The summed E-state index contributed by atoms with van der Waals surface area (Å²) in [4.78, 5) is 40.1. The minimum absolute atomic E-state index is 0.0367. The Balaban J connectivity index is 1.88. The fourth-order valence-electron chi connectivity index (χ4n) is 3.02. The number of rotatable bonds is 3. The molecule has 2 heterocycles. The van der Waals surface area contributed by atoms with Gasteiger partial charge in [0, 0.05) is 33.2 Å². The quantitative estimate of drug-likeness (QED) is 0.813. The predicted molar refractivity (Wildman–Crippen MR) is 75.7 cm³/mol. The first kappa shape index (κ1) is 15.6. The molecule has 118 valence electrons. The molecule has 2 fully saturated rings. The van der Waals surface area contributed by atoms with E-state index in [9.17, 15) is 14.4 Å². The molecule has 3 amide bonds. The van der Waals surface area contributed by atoms with Gasteiger partial charge in [0.2, 0.25) is 5.91 Å². The number of urea groups is 1. The normalized spacial score (nSPS) is 25.2. The largest absolute Gasteiger partial charge is 0.481 e. The molecule has 2 rings (SSSR count). The molecule has 1 N–H and O–H groups in total. The van der Waals surface area contributed by atoms with E-state index in [1.54, 1.807) is 11.9 Å². The van der Waals surface area contributed by atoms with Crippen LogP contribution in [0.15, 0.2) is 0 Å². The van der Waals surface area contributed by atoms with Crippen LogP contribution in [-0.4, -0.2) is 77.5 Å². The minimum Gasteiger partial charge on any atom is -0.481 e. The maximum absolute atomic E-state index is 12.3. The number of hydrogen-bond acceptors (Lipinski definition) is 3. The minimum atomic E-state index is -0.867. The van der Waals surface area contributed by atoms with Crippen LogP contribution in [0.4, 0.5) is 4.79 Å². The fraction of sp³-hybridized carbons (Fsp3) is 0.786. The Kier molecular flexibility index (Phi) is 4.69. The van der Waals surface area contributed by atoms with Crippen molar-refractivity contribution in [3.8, 4) is 0 Å². The van der Waals surface area contributed by atoms with Crippen molar-refractivity contribution in [3.63, 3.8) is 0 Å². The zero-order valence-electron chi connectivity index (χ0n) is 12.6. The highest BCUT2D eigenvalue weighted by Crippen LogP contribution is 2.24. The smallest absolute Gasteiger partial charge is 0.320 e. The van der Waals surface area contributed by atoms with Crippen LogP contribution in [0.2, 0.25) is 0 Å². The first-order valence-corrected chi connectivity index (χ1v) is 7.40. The summed E-state index contributed by atoms with van der Waals surface area (Å²) < 4.78 is 0. The molecule has 0 aromatic rings. The van der Waals surface area contributed by atoms with Crippen molar-refractivity contribution in [2.75, 3.05) is 39.8 Å². The number of carboxylic acids is 1. The molecule has 2 aliphatic rings. The van der Waals surface area contributed by atoms with Crippen molar-refractivity contribution in [1.29, 1.82) is 0 Å². The van der Waals surface area contributed by atoms with Crippen LogP contribution in [-0.2, 0) is 9.59 Å². The Bertz CT molecular complexity index is 434. The molecule has 0 bridgehead atoms. The molecule has 2 saturated heterocycles. The summed E-state index contributed by atoms with van der Waals surface area (Å²) >= 11 is 0. The number of hydrogen-bond donors (Lipinski definition) is 1. The molecule has 0 aliphatic carbocycles. The van der Waals surface area contributed by atoms with E-state index in [1.165, 1.54) is 9.80 Å². The second-order valence-corrected chi connectivity index (χ2v) is 6.05. The van der Waals surface area contributed by atoms with Crippen LogP contribution in [0.25, 0.3) is 0 Å². The number of likely N-dealkylation sites (tertiary alicyclic amines) is 2.